The summed E-state index contributed by atoms with van der Waals surface area (Å²) < 4.78 is 55.4. The third kappa shape index (κ3) is 4.89. The van der Waals surface area contributed by atoms with Gasteiger partial charge in [0, 0.05) is 32.7 Å². The fraction of sp³-hybridized carbons (Fsp3) is 0.571. The Morgan fingerprint density at radius 1 is 1.06 bits per heavy atom. The number of carbonyl (C=O) groups excluding carboxylic acids is 1. The lowest BCUT2D eigenvalue weighted by atomic mass is 9.89. The van der Waals surface area contributed by atoms with Crippen LogP contribution in [0.3, 0.4) is 0 Å². The summed E-state index contributed by atoms with van der Waals surface area (Å²) in [7, 11) is 0. The Bertz CT molecular complexity index is 915. The number of halogens is 4. The number of piperazine rings is 1. The lowest BCUT2D eigenvalue weighted by Gasteiger charge is -2.37. The van der Waals surface area contributed by atoms with E-state index in [1.54, 1.807) is 0 Å². The highest BCUT2D eigenvalue weighted by Crippen LogP contribution is 2.33. The zero-order valence-corrected chi connectivity index (χ0v) is 17.1. The maximum atomic E-state index is 13.8. The Morgan fingerprint density at radius 2 is 1.77 bits per heavy atom. The Hall–Kier alpha value is -2.49. The molecule has 4 rings (SSSR count). The number of benzene rings is 1. The Kier molecular flexibility index (Phi) is 6.27. The van der Waals surface area contributed by atoms with E-state index >= 15 is 0 Å². The van der Waals surface area contributed by atoms with Crippen LogP contribution in [0.2, 0.25) is 0 Å². The number of rotatable bonds is 4. The lowest BCUT2D eigenvalue weighted by molar-refractivity contribution is -0.143. The maximum absolute atomic E-state index is 13.8. The predicted octanol–water partition coefficient (Wildman–Crippen LogP) is 3.76. The summed E-state index contributed by atoms with van der Waals surface area (Å²) >= 11 is 0. The molecule has 1 aromatic carbocycles. The first kappa shape index (κ1) is 21.7. The number of nitrogens with zero attached hydrogens (tertiary/aromatic N) is 5. The maximum Gasteiger partial charge on any atom is 0.435 e. The van der Waals surface area contributed by atoms with Crippen molar-refractivity contribution in [2.24, 2.45) is 5.92 Å². The summed E-state index contributed by atoms with van der Waals surface area (Å²) in [5.74, 6) is -0.839. The molecule has 2 aromatic rings. The first-order valence-electron chi connectivity index (χ1n) is 10.6. The van der Waals surface area contributed by atoms with Crippen LogP contribution in [0.1, 0.15) is 48.3 Å². The molecule has 2 heterocycles. The van der Waals surface area contributed by atoms with E-state index in [1.807, 2.05) is 0 Å². The fourth-order valence-corrected chi connectivity index (χ4v) is 4.49. The minimum atomic E-state index is -4.87. The predicted molar refractivity (Wildman–Crippen MR) is 105 cm³/mol. The van der Waals surface area contributed by atoms with E-state index < -0.39 is 29.3 Å². The monoisotopic (exact) mass is 439 g/mol. The number of hydrogen-bond acceptors (Lipinski definition) is 4. The van der Waals surface area contributed by atoms with Crippen LogP contribution >= 0.6 is 0 Å². The first-order chi connectivity index (χ1) is 14.8. The second-order valence-electron chi connectivity index (χ2n) is 8.27. The normalized spacial score (nSPS) is 19.0. The SMILES string of the molecule is O=C(c1nnn(-c2cccc(F)c2)c1C(F)(F)F)N1CCN(CC2CCCCC2)CC1. The van der Waals surface area contributed by atoms with Crippen LogP contribution in [0.5, 0.6) is 0 Å². The zero-order valence-electron chi connectivity index (χ0n) is 17.1. The number of alkyl halides is 3. The van der Waals surface area contributed by atoms with Crippen LogP contribution in [0.25, 0.3) is 5.69 Å². The van der Waals surface area contributed by atoms with Crippen molar-refractivity contribution < 1.29 is 22.4 Å². The van der Waals surface area contributed by atoms with Gasteiger partial charge in [-0.2, -0.15) is 13.2 Å². The van der Waals surface area contributed by atoms with Crippen molar-refractivity contribution in [3.8, 4) is 5.69 Å². The molecule has 31 heavy (non-hydrogen) atoms. The molecule has 0 atom stereocenters. The van der Waals surface area contributed by atoms with Crippen molar-refractivity contribution in [2.45, 2.75) is 38.3 Å². The van der Waals surface area contributed by atoms with Crippen LogP contribution in [0.15, 0.2) is 24.3 Å². The van der Waals surface area contributed by atoms with Crippen molar-refractivity contribution in [1.82, 2.24) is 24.8 Å². The fourth-order valence-electron chi connectivity index (χ4n) is 4.49. The molecule has 0 unspecified atom stereocenters. The highest BCUT2D eigenvalue weighted by molar-refractivity contribution is 5.93. The van der Waals surface area contributed by atoms with Crippen molar-refractivity contribution in [2.75, 3.05) is 32.7 Å². The minimum Gasteiger partial charge on any atom is -0.335 e. The molecule has 2 fully saturated rings. The molecule has 1 saturated carbocycles. The Balaban J connectivity index is 1.49. The largest absolute Gasteiger partial charge is 0.435 e. The van der Waals surface area contributed by atoms with E-state index in [1.165, 1.54) is 49.1 Å². The van der Waals surface area contributed by atoms with Crippen molar-refractivity contribution in [3.63, 3.8) is 0 Å². The quantitative estimate of drug-likeness (QED) is 0.681. The average molecular weight is 439 g/mol. The molecule has 1 aliphatic carbocycles. The molecular formula is C21H25F4N5O. The standard InChI is InChI=1S/C21H25F4N5O/c22-16-7-4-8-17(13-16)30-19(21(23,24)25)18(26-27-30)20(31)29-11-9-28(10-12-29)14-15-5-2-1-3-6-15/h4,7-8,13,15H,1-3,5-6,9-12,14H2. The number of amides is 1. The molecule has 1 aliphatic heterocycles. The summed E-state index contributed by atoms with van der Waals surface area (Å²) in [6.07, 6.45) is 1.36. The van der Waals surface area contributed by atoms with Gasteiger partial charge in [0.15, 0.2) is 11.4 Å². The van der Waals surface area contributed by atoms with Crippen molar-refractivity contribution in [1.29, 1.82) is 0 Å². The Labute approximate surface area is 177 Å². The first-order valence-corrected chi connectivity index (χ1v) is 10.6. The molecule has 10 heteroatoms. The average Bonchev–Trinajstić information content (AvgIpc) is 3.20. The van der Waals surface area contributed by atoms with E-state index in [0.29, 0.717) is 36.8 Å². The third-order valence-corrected chi connectivity index (χ3v) is 6.09. The van der Waals surface area contributed by atoms with E-state index in [0.717, 1.165) is 18.7 Å². The van der Waals surface area contributed by atoms with Gasteiger partial charge in [-0.15, -0.1) is 5.10 Å². The van der Waals surface area contributed by atoms with E-state index in [9.17, 15) is 22.4 Å². The van der Waals surface area contributed by atoms with Crippen molar-refractivity contribution >= 4 is 5.91 Å². The molecule has 168 valence electrons. The van der Waals surface area contributed by atoms with Crippen LogP contribution in [-0.4, -0.2) is 63.4 Å². The van der Waals surface area contributed by atoms with E-state index in [-0.39, 0.29) is 5.69 Å². The smallest absolute Gasteiger partial charge is 0.335 e. The topological polar surface area (TPSA) is 54.3 Å². The molecule has 2 aliphatic rings. The summed E-state index contributed by atoms with van der Waals surface area (Å²) in [5.41, 5.74) is -2.18. The van der Waals surface area contributed by atoms with E-state index in [4.69, 9.17) is 0 Å². The molecule has 0 spiro atoms. The third-order valence-electron chi connectivity index (χ3n) is 6.09. The number of aromatic nitrogens is 3. The lowest BCUT2D eigenvalue weighted by Crippen LogP contribution is -2.50. The second-order valence-corrected chi connectivity index (χ2v) is 8.27. The summed E-state index contributed by atoms with van der Waals surface area (Å²) in [5, 5.41) is 7.07. The van der Waals surface area contributed by atoms with Gasteiger partial charge in [0.2, 0.25) is 0 Å². The van der Waals surface area contributed by atoms with Gasteiger partial charge in [-0.3, -0.25) is 9.69 Å². The molecule has 1 amide bonds. The number of carbonyl (C=O) groups is 1. The summed E-state index contributed by atoms with van der Waals surface area (Å²) in [6.45, 7) is 2.92. The summed E-state index contributed by atoms with van der Waals surface area (Å²) in [4.78, 5) is 16.6. The van der Waals surface area contributed by atoms with Gasteiger partial charge < -0.3 is 4.90 Å². The van der Waals surface area contributed by atoms with Gasteiger partial charge in [0.25, 0.3) is 5.91 Å². The number of hydrogen-bond donors (Lipinski definition) is 0. The molecule has 0 N–H and O–H groups in total. The van der Waals surface area contributed by atoms with Gasteiger partial charge in [-0.1, -0.05) is 30.5 Å². The highest BCUT2D eigenvalue weighted by atomic mass is 19.4. The molecule has 6 nitrogen and oxygen atoms in total. The van der Waals surface area contributed by atoms with Gasteiger partial charge in [-0.25, -0.2) is 9.07 Å². The van der Waals surface area contributed by atoms with Gasteiger partial charge in [0.1, 0.15) is 5.82 Å². The van der Waals surface area contributed by atoms with E-state index in [2.05, 4.69) is 15.2 Å². The molecule has 0 radical (unpaired) electrons. The van der Waals surface area contributed by atoms with Crippen LogP contribution in [0.4, 0.5) is 17.6 Å². The van der Waals surface area contributed by atoms with Gasteiger partial charge in [0.05, 0.1) is 5.69 Å². The summed E-state index contributed by atoms with van der Waals surface area (Å²) in [6, 6.07) is 4.60. The van der Waals surface area contributed by atoms with Crippen LogP contribution in [-0.2, 0) is 6.18 Å². The molecule has 1 aromatic heterocycles. The molecular weight excluding hydrogens is 414 g/mol. The zero-order chi connectivity index (χ0) is 22.0. The minimum absolute atomic E-state index is 0.142. The van der Waals surface area contributed by atoms with Gasteiger partial charge in [-0.05, 0) is 37.0 Å². The molecule has 1 saturated heterocycles. The van der Waals surface area contributed by atoms with Crippen LogP contribution in [0, 0.1) is 11.7 Å². The van der Waals surface area contributed by atoms with Gasteiger partial charge >= 0.3 is 6.18 Å². The van der Waals surface area contributed by atoms with Crippen LogP contribution < -0.4 is 0 Å². The highest BCUT2D eigenvalue weighted by Gasteiger charge is 2.43. The van der Waals surface area contributed by atoms with Crippen molar-refractivity contribution in [3.05, 3.63) is 41.5 Å². The second kappa shape index (κ2) is 8.94. The molecule has 0 bridgehead atoms. The Morgan fingerprint density at radius 3 is 2.42 bits per heavy atom.